The molecule has 5 rings (SSSR count). The minimum absolute atomic E-state index is 0.0589. The number of amides is 2. The molecule has 1 N–H and O–H groups in total. The molecule has 0 aromatic heterocycles. The van der Waals surface area contributed by atoms with E-state index in [0.29, 0.717) is 18.5 Å². The standard InChI is InChI=1S/C18H23N3O2/c1-12(22)20-11-17-18(14-7-9-19(17)10-8-14)21(13(2)23)16-6-4-3-5-15(16)20/h3-6,14,17-18H,7-11H2,1-2H3/p+1. The lowest BCUT2D eigenvalue weighted by molar-refractivity contribution is -0.941. The highest BCUT2D eigenvalue weighted by atomic mass is 16.2. The number of anilines is 2. The zero-order valence-electron chi connectivity index (χ0n) is 13.8. The molecule has 0 aliphatic carbocycles. The summed E-state index contributed by atoms with van der Waals surface area (Å²) in [5.74, 6) is 0.705. The summed E-state index contributed by atoms with van der Waals surface area (Å²) in [5, 5.41) is 0. The van der Waals surface area contributed by atoms with Crippen LogP contribution < -0.4 is 14.7 Å². The van der Waals surface area contributed by atoms with Gasteiger partial charge in [0.25, 0.3) is 0 Å². The fraction of sp³-hybridized carbons (Fsp3) is 0.556. The first-order chi connectivity index (χ1) is 11.1. The smallest absolute Gasteiger partial charge is 0.224 e. The average molecular weight is 314 g/mol. The molecule has 4 heterocycles. The Morgan fingerprint density at radius 2 is 1.70 bits per heavy atom. The summed E-state index contributed by atoms with van der Waals surface area (Å²) in [7, 11) is 0. The largest absolute Gasteiger partial charge is 0.329 e. The molecule has 4 aliphatic rings. The zero-order valence-corrected chi connectivity index (χ0v) is 13.8. The molecule has 0 radical (unpaired) electrons. The summed E-state index contributed by atoms with van der Waals surface area (Å²) in [6, 6.07) is 8.41. The molecule has 5 heteroatoms. The van der Waals surface area contributed by atoms with E-state index < -0.39 is 0 Å². The summed E-state index contributed by atoms with van der Waals surface area (Å²) in [5.41, 5.74) is 1.78. The van der Waals surface area contributed by atoms with Crippen LogP contribution in [-0.2, 0) is 9.59 Å². The third-order valence-electron chi connectivity index (χ3n) is 5.92. The lowest BCUT2D eigenvalue weighted by Gasteiger charge is -2.50. The maximum Gasteiger partial charge on any atom is 0.224 e. The van der Waals surface area contributed by atoms with E-state index in [4.69, 9.17) is 0 Å². The van der Waals surface area contributed by atoms with Crippen molar-refractivity contribution in [1.29, 1.82) is 0 Å². The molecular formula is C18H24N3O2+. The molecular weight excluding hydrogens is 290 g/mol. The number of rotatable bonds is 0. The maximum atomic E-state index is 12.5. The van der Waals surface area contributed by atoms with E-state index in [1.807, 2.05) is 34.1 Å². The van der Waals surface area contributed by atoms with Crippen LogP contribution in [0.4, 0.5) is 11.4 Å². The molecule has 3 saturated heterocycles. The van der Waals surface area contributed by atoms with Gasteiger partial charge in [-0.15, -0.1) is 0 Å². The van der Waals surface area contributed by atoms with Gasteiger partial charge in [-0.2, -0.15) is 0 Å². The molecule has 1 aromatic carbocycles. The van der Waals surface area contributed by atoms with Crippen molar-refractivity contribution in [2.24, 2.45) is 5.92 Å². The third kappa shape index (κ3) is 2.17. The summed E-state index contributed by atoms with van der Waals surface area (Å²) < 4.78 is 0. The molecule has 2 amide bonds. The SMILES string of the molecule is CC(=O)N1CC2C(C3CC[NH+]2CC3)N(C(C)=O)c2ccccc21. The number of carbonyl (C=O) groups is 2. The van der Waals surface area contributed by atoms with Crippen LogP contribution in [0.5, 0.6) is 0 Å². The van der Waals surface area contributed by atoms with Crippen LogP contribution in [-0.4, -0.2) is 43.5 Å². The quantitative estimate of drug-likeness (QED) is 0.756. The average Bonchev–Trinajstić information content (AvgIpc) is 2.71. The predicted molar refractivity (Wildman–Crippen MR) is 88.6 cm³/mol. The molecule has 2 atom stereocenters. The Bertz CT molecular complexity index is 651. The van der Waals surface area contributed by atoms with Gasteiger partial charge >= 0.3 is 0 Å². The second-order valence-corrected chi connectivity index (χ2v) is 7.10. The van der Waals surface area contributed by atoms with E-state index in [9.17, 15) is 9.59 Å². The molecule has 3 fully saturated rings. The first-order valence-electron chi connectivity index (χ1n) is 8.59. The number of carbonyl (C=O) groups excluding carboxylic acids is 2. The Morgan fingerprint density at radius 3 is 2.30 bits per heavy atom. The molecule has 1 aromatic rings. The number of piperidine rings is 3. The third-order valence-corrected chi connectivity index (χ3v) is 5.92. The molecule has 4 aliphatic heterocycles. The van der Waals surface area contributed by atoms with Gasteiger partial charge < -0.3 is 14.7 Å². The topological polar surface area (TPSA) is 45.1 Å². The van der Waals surface area contributed by atoms with Crippen LogP contribution in [0.3, 0.4) is 0 Å². The normalized spacial score (nSPS) is 32.1. The van der Waals surface area contributed by atoms with Gasteiger partial charge in [-0.25, -0.2) is 0 Å². The number of benzene rings is 1. The highest BCUT2D eigenvalue weighted by Gasteiger charge is 2.52. The van der Waals surface area contributed by atoms with Crippen molar-refractivity contribution in [2.45, 2.75) is 38.8 Å². The van der Waals surface area contributed by atoms with Gasteiger partial charge in [0, 0.05) is 26.7 Å². The van der Waals surface area contributed by atoms with Gasteiger partial charge in [0.05, 0.1) is 37.1 Å². The lowest BCUT2D eigenvalue weighted by atomic mass is 9.77. The van der Waals surface area contributed by atoms with Crippen molar-refractivity contribution in [2.75, 3.05) is 29.4 Å². The van der Waals surface area contributed by atoms with Gasteiger partial charge in [0.15, 0.2) is 0 Å². The number of nitrogens with zero attached hydrogens (tertiary/aromatic N) is 2. The van der Waals surface area contributed by atoms with Crippen molar-refractivity contribution in [1.82, 2.24) is 0 Å². The minimum Gasteiger partial charge on any atom is -0.329 e. The van der Waals surface area contributed by atoms with Crippen LogP contribution in [0.15, 0.2) is 24.3 Å². The monoisotopic (exact) mass is 314 g/mol. The Morgan fingerprint density at radius 1 is 1.04 bits per heavy atom. The summed E-state index contributed by atoms with van der Waals surface area (Å²) >= 11 is 0. The second-order valence-electron chi connectivity index (χ2n) is 7.10. The van der Waals surface area contributed by atoms with Gasteiger partial charge in [0.2, 0.25) is 11.8 Å². The van der Waals surface area contributed by atoms with E-state index in [-0.39, 0.29) is 17.9 Å². The Labute approximate surface area is 136 Å². The Hall–Kier alpha value is -1.88. The van der Waals surface area contributed by atoms with Crippen LogP contribution >= 0.6 is 0 Å². The zero-order chi connectivity index (χ0) is 16.1. The maximum absolute atomic E-state index is 12.5. The van der Waals surface area contributed by atoms with Gasteiger partial charge in [-0.3, -0.25) is 9.59 Å². The molecule has 2 unspecified atom stereocenters. The van der Waals surface area contributed by atoms with E-state index in [0.717, 1.165) is 11.4 Å². The molecule has 5 nitrogen and oxygen atoms in total. The van der Waals surface area contributed by atoms with Crippen molar-refractivity contribution >= 4 is 23.2 Å². The van der Waals surface area contributed by atoms with Crippen molar-refractivity contribution < 1.29 is 14.5 Å². The minimum atomic E-state index is 0.0589. The summed E-state index contributed by atoms with van der Waals surface area (Å²) in [4.78, 5) is 30.2. The molecule has 0 saturated carbocycles. The van der Waals surface area contributed by atoms with Crippen molar-refractivity contribution in [3.8, 4) is 0 Å². The highest BCUT2D eigenvalue weighted by Crippen LogP contribution is 2.39. The molecule has 2 bridgehead atoms. The fourth-order valence-electron chi connectivity index (χ4n) is 4.95. The van der Waals surface area contributed by atoms with E-state index in [1.165, 1.54) is 25.9 Å². The summed E-state index contributed by atoms with van der Waals surface area (Å²) in [6.07, 6.45) is 2.37. The number of para-hydroxylation sites is 2. The van der Waals surface area contributed by atoms with E-state index >= 15 is 0 Å². The van der Waals surface area contributed by atoms with E-state index in [1.54, 1.807) is 18.7 Å². The van der Waals surface area contributed by atoms with Crippen LogP contribution in [0.25, 0.3) is 0 Å². The fourth-order valence-corrected chi connectivity index (χ4v) is 4.95. The molecule has 0 spiro atoms. The number of hydrogen-bond acceptors (Lipinski definition) is 2. The van der Waals surface area contributed by atoms with Gasteiger partial charge in [-0.1, -0.05) is 12.1 Å². The van der Waals surface area contributed by atoms with E-state index in [2.05, 4.69) is 0 Å². The van der Waals surface area contributed by atoms with Crippen molar-refractivity contribution in [3.63, 3.8) is 0 Å². The predicted octanol–water partition coefficient (Wildman–Crippen LogP) is 0.452. The number of hydrogen-bond donors (Lipinski definition) is 1. The molecule has 23 heavy (non-hydrogen) atoms. The van der Waals surface area contributed by atoms with Crippen molar-refractivity contribution in [3.05, 3.63) is 24.3 Å². The Balaban J connectivity index is 1.89. The van der Waals surface area contributed by atoms with Crippen LogP contribution in [0.2, 0.25) is 0 Å². The Kier molecular flexibility index (Phi) is 3.41. The van der Waals surface area contributed by atoms with Crippen LogP contribution in [0, 0.1) is 5.92 Å². The number of quaternary nitrogens is 1. The van der Waals surface area contributed by atoms with Crippen LogP contribution in [0.1, 0.15) is 26.7 Å². The summed E-state index contributed by atoms with van der Waals surface area (Å²) in [6.45, 7) is 6.33. The highest BCUT2D eigenvalue weighted by molar-refractivity contribution is 6.02. The molecule has 122 valence electrons. The van der Waals surface area contributed by atoms with Gasteiger partial charge in [-0.05, 0) is 18.1 Å². The first kappa shape index (κ1) is 14.7. The number of nitrogens with one attached hydrogen (secondary N) is 1. The van der Waals surface area contributed by atoms with Gasteiger partial charge in [0.1, 0.15) is 6.04 Å². The second kappa shape index (κ2) is 5.34. The number of fused-ring (bicyclic) bond motifs is 3. The lowest BCUT2D eigenvalue weighted by Crippen LogP contribution is -3.21. The first-order valence-corrected chi connectivity index (χ1v) is 8.59.